The number of nitrogens with two attached hydrogens (primary N) is 1. The summed E-state index contributed by atoms with van der Waals surface area (Å²) in [6.45, 7) is 1.84. The van der Waals surface area contributed by atoms with Crippen molar-refractivity contribution in [1.29, 1.82) is 0 Å². The van der Waals surface area contributed by atoms with Crippen molar-refractivity contribution in [3.8, 4) is 22.6 Å². The average molecular weight is 931 g/mol. The minimum Gasteiger partial charge on any atom is -0.486 e. The van der Waals surface area contributed by atoms with Crippen LogP contribution in [0.15, 0.2) is 60.7 Å². The van der Waals surface area contributed by atoms with Crippen LogP contribution in [0.1, 0.15) is 63.9 Å². The zero-order valence-corrected chi connectivity index (χ0v) is 34.5. The number of benzene rings is 3. The normalized spacial score (nSPS) is 17.0. The Morgan fingerprint density at radius 1 is 0.815 bits per heavy atom. The van der Waals surface area contributed by atoms with E-state index in [9.17, 15) is 40.3 Å². The molecule has 0 spiro atoms. The highest BCUT2D eigenvalue weighted by Gasteiger charge is 2.55. The van der Waals surface area contributed by atoms with E-state index in [1.807, 2.05) is 23.1 Å². The number of amides is 2. The first kappa shape index (κ1) is 43.7. The van der Waals surface area contributed by atoms with E-state index in [0.717, 1.165) is 30.0 Å². The third-order valence-corrected chi connectivity index (χ3v) is 12.4. The van der Waals surface area contributed by atoms with Gasteiger partial charge in [-0.05, 0) is 60.0 Å². The number of alkyl halides is 6. The van der Waals surface area contributed by atoms with Crippen molar-refractivity contribution < 1.29 is 58.6 Å². The highest BCUT2D eigenvalue weighted by atomic mass is 32.1. The fourth-order valence-electron chi connectivity index (χ4n) is 8.36. The summed E-state index contributed by atoms with van der Waals surface area (Å²) in [4.78, 5) is 40.0. The molecular formula is C43H35F9N8O4S. The highest BCUT2D eigenvalue weighted by Crippen LogP contribution is 2.52. The van der Waals surface area contributed by atoms with Crippen molar-refractivity contribution in [2.24, 2.45) is 5.73 Å². The molecule has 0 radical (unpaired) electrons. The number of piperazine rings is 1. The molecule has 0 bridgehead atoms. The maximum Gasteiger partial charge on any atom is 0.290 e. The summed E-state index contributed by atoms with van der Waals surface area (Å²) in [5.74, 6) is -12.2. The van der Waals surface area contributed by atoms with E-state index in [2.05, 4.69) is 15.3 Å². The topological polar surface area (TPSA) is 141 Å². The molecule has 12 nitrogen and oxygen atoms in total. The number of pyridine rings is 1. The minimum atomic E-state index is -4.11. The third kappa shape index (κ3) is 8.57. The van der Waals surface area contributed by atoms with E-state index in [0.29, 0.717) is 66.8 Å². The molecule has 3 aliphatic rings. The Morgan fingerprint density at radius 3 is 2.22 bits per heavy atom. The number of hydrogen-bond acceptors (Lipinski definition) is 10. The van der Waals surface area contributed by atoms with E-state index in [1.54, 1.807) is 6.07 Å². The van der Waals surface area contributed by atoms with Gasteiger partial charge in [0.25, 0.3) is 24.2 Å². The number of aromatic nitrogens is 4. The second kappa shape index (κ2) is 16.8. The van der Waals surface area contributed by atoms with Crippen LogP contribution in [-0.2, 0) is 29.6 Å². The van der Waals surface area contributed by atoms with Crippen LogP contribution in [0.2, 0.25) is 0 Å². The van der Waals surface area contributed by atoms with E-state index in [4.69, 9.17) is 25.2 Å². The molecule has 9 rings (SSSR count). The van der Waals surface area contributed by atoms with E-state index >= 15 is 8.78 Å². The van der Waals surface area contributed by atoms with E-state index in [-0.39, 0.29) is 32.7 Å². The number of ether oxygens (including phenoxy) is 2. The molecule has 22 heteroatoms. The van der Waals surface area contributed by atoms with E-state index in [1.165, 1.54) is 17.4 Å². The van der Waals surface area contributed by atoms with Crippen molar-refractivity contribution >= 4 is 44.3 Å². The molecule has 1 fully saturated rings. The average Bonchev–Trinajstić information content (AvgIpc) is 3.88. The molecule has 0 unspecified atom stereocenters. The number of anilines is 2. The van der Waals surface area contributed by atoms with Crippen molar-refractivity contribution in [2.75, 3.05) is 49.2 Å². The van der Waals surface area contributed by atoms with Crippen LogP contribution in [0, 0.1) is 17.5 Å². The van der Waals surface area contributed by atoms with Crippen LogP contribution in [-0.4, -0.2) is 71.0 Å². The maximum atomic E-state index is 15.3. The molecule has 2 aliphatic heterocycles. The lowest BCUT2D eigenvalue weighted by Gasteiger charge is -2.36. The summed E-state index contributed by atoms with van der Waals surface area (Å²) in [5, 5.41) is 6.45. The molecule has 2 amide bonds. The molecule has 0 saturated carbocycles. The fraction of sp³-hybridized carbons (Fsp3) is 0.326. The van der Waals surface area contributed by atoms with Gasteiger partial charge in [0, 0.05) is 62.4 Å². The molecule has 3 aromatic heterocycles. The van der Waals surface area contributed by atoms with E-state index < -0.39 is 102 Å². The van der Waals surface area contributed by atoms with Crippen LogP contribution >= 0.6 is 11.3 Å². The molecule has 1 atom stereocenters. The first-order chi connectivity index (χ1) is 30.9. The summed E-state index contributed by atoms with van der Waals surface area (Å²) in [7, 11) is 0. The standard InChI is InChI=1S/C43H35F9N8O4S/c44-23-13-21(14-24(45)17-23)15-29(54-33(61)20-60-37-34(36(57-60)38(47)48)42(49,50)5-6-43(37,51)52)35-26(22-1-3-28(46)27(16-22)39(53)62)19-32-40(55-35)56-41(65-32)59-9-7-58(8-10-59)25-2-4-30-31(18-25)64-12-11-63-30/h1-4,13-14,16-19,29,38H,5-12,15,20H2,(H2,53,62)(H,54,61)/t29-/m0/s1. The Labute approximate surface area is 366 Å². The zero-order valence-electron chi connectivity index (χ0n) is 33.7. The largest absolute Gasteiger partial charge is 0.486 e. The molecule has 3 aromatic carbocycles. The van der Waals surface area contributed by atoms with Crippen molar-refractivity contribution in [2.45, 2.75) is 50.1 Å². The maximum absolute atomic E-state index is 15.3. The Kier molecular flexibility index (Phi) is 11.3. The molecule has 5 heterocycles. The number of primary amides is 1. The zero-order chi connectivity index (χ0) is 45.9. The van der Waals surface area contributed by atoms with Gasteiger partial charge in [0.2, 0.25) is 5.91 Å². The Balaban J connectivity index is 1.10. The number of fused-ring (bicyclic) bond motifs is 3. The lowest BCUT2D eigenvalue weighted by molar-refractivity contribution is -0.123. The van der Waals surface area contributed by atoms with Gasteiger partial charge >= 0.3 is 0 Å². The number of nitrogens with one attached hydrogen (secondary N) is 1. The molecular weight excluding hydrogens is 896 g/mol. The van der Waals surface area contributed by atoms with Gasteiger partial charge in [-0.3, -0.25) is 14.3 Å². The molecule has 65 heavy (non-hydrogen) atoms. The summed E-state index contributed by atoms with van der Waals surface area (Å²) in [5.41, 5.74) is 1.37. The molecule has 1 saturated heterocycles. The lowest BCUT2D eigenvalue weighted by Crippen LogP contribution is -2.46. The van der Waals surface area contributed by atoms with Gasteiger partial charge in [0.15, 0.2) is 22.3 Å². The second-order valence-corrected chi connectivity index (χ2v) is 16.7. The number of carbonyl (C=O) groups excluding carboxylic acids is 2. The molecule has 3 N–H and O–H groups in total. The van der Waals surface area contributed by atoms with Crippen molar-refractivity contribution in [3.63, 3.8) is 0 Å². The fourth-order valence-corrected chi connectivity index (χ4v) is 9.36. The lowest BCUT2D eigenvalue weighted by atomic mass is 9.89. The third-order valence-electron chi connectivity index (χ3n) is 11.4. The summed E-state index contributed by atoms with van der Waals surface area (Å²) in [6.07, 6.45) is -7.01. The SMILES string of the molecule is NC(=O)c1cc(-c2cc3sc(N4CCN(c5ccc6c(c5)OCCO6)CC4)nc3nc2[C@H](Cc2cc(F)cc(F)c2)NC(=O)Cn2nc(C(F)F)c3c2C(F)(F)CCC3(F)F)ccc1F. The second-order valence-electron chi connectivity index (χ2n) is 15.7. The predicted octanol–water partition coefficient (Wildman–Crippen LogP) is 8.18. The molecule has 6 aromatic rings. The van der Waals surface area contributed by atoms with Crippen molar-refractivity contribution in [1.82, 2.24) is 25.1 Å². The van der Waals surface area contributed by atoms with Gasteiger partial charge in [-0.25, -0.2) is 35.7 Å². The number of hydrogen-bond donors (Lipinski definition) is 2. The van der Waals surface area contributed by atoms with Gasteiger partial charge in [-0.15, -0.1) is 0 Å². The van der Waals surface area contributed by atoms with Gasteiger partial charge in [-0.2, -0.15) is 18.9 Å². The summed E-state index contributed by atoms with van der Waals surface area (Å²) in [6, 6.07) is 11.7. The highest BCUT2D eigenvalue weighted by molar-refractivity contribution is 7.22. The summed E-state index contributed by atoms with van der Waals surface area (Å²) < 4.78 is 145. The molecule has 340 valence electrons. The van der Waals surface area contributed by atoms with Crippen LogP contribution in [0.3, 0.4) is 0 Å². The quantitative estimate of drug-likeness (QED) is 0.123. The van der Waals surface area contributed by atoms with Crippen LogP contribution in [0.5, 0.6) is 11.5 Å². The number of thiazole rings is 1. The van der Waals surface area contributed by atoms with Gasteiger partial charge in [-0.1, -0.05) is 17.4 Å². The van der Waals surface area contributed by atoms with Crippen LogP contribution in [0.25, 0.3) is 21.5 Å². The van der Waals surface area contributed by atoms with Crippen molar-refractivity contribution in [3.05, 3.63) is 112 Å². The smallest absolute Gasteiger partial charge is 0.290 e. The Bertz CT molecular complexity index is 2830. The first-order valence-electron chi connectivity index (χ1n) is 20.1. The van der Waals surface area contributed by atoms with Gasteiger partial charge in [0.05, 0.1) is 27.6 Å². The first-order valence-corrected chi connectivity index (χ1v) is 21.0. The Morgan fingerprint density at radius 2 is 1.51 bits per heavy atom. The van der Waals surface area contributed by atoms with Gasteiger partial charge in [0.1, 0.15) is 48.6 Å². The number of carbonyl (C=O) groups is 2. The minimum absolute atomic E-state index is 0.0462. The summed E-state index contributed by atoms with van der Waals surface area (Å²) >= 11 is 1.24. The van der Waals surface area contributed by atoms with Crippen LogP contribution < -0.4 is 30.3 Å². The number of nitrogens with zero attached hydrogens (tertiary/aromatic N) is 6. The number of rotatable bonds is 11. The predicted molar refractivity (Wildman–Crippen MR) is 218 cm³/mol. The van der Waals surface area contributed by atoms with Gasteiger partial charge < -0.3 is 30.3 Å². The van der Waals surface area contributed by atoms with Crippen LogP contribution in [0.4, 0.5) is 50.3 Å². The number of halogens is 9. The monoisotopic (exact) mass is 930 g/mol. The Hall–Kier alpha value is -6.58. The molecule has 1 aliphatic carbocycles.